The predicted octanol–water partition coefficient (Wildman–Crippen LogP) is 2.06. The second-order valence-electron chi connectivity index (χ2n) is 4.38. The second-order valence-corrected chi connectivity index (χ2v) is 4.38. The van der Waals surface area contributed by atoms with Gasteiger partial charge in [-0.05, 0) is 38.0 Å². The van der Waals surface area contributed by atoms with Crippen molar-refractivity contribution < 1.29 is 9.53 Å². The minimum atomic E-state index is -0.00806. The molecule has 1 aromatic carbocycles. The Bertz CT molecular complexity index is 501. The fourth-order valence-corrected chi connectivity index (χ4v) is 1.68. The maximum atomic E-state index is 11.8. The molecule has 20 heavy (non-hydrogen) atoms. The summed E-state index contributed by atoms with van der Waals surface area (Å²) in [5.74, 6) is 5.81. The van der Waals surface area contributed by atoms with Crippen LogP contribution >= 0.6 is 0 Å². The summed E-state index contributed by atoms with van der Waals surface area (Å²) in [6, 6.07) is 5.69. The Hall–Kier alpha value is -1.83. The average molecular weight is 274 g/mol. The number of rotatable bonds is 6. The van der Waals surface area contributed by atoms with E-state index in [1.807, 2.05) is 32.0 Å². The number of carbonyl (C=O) groups is 1. The summed E-state index contributed by atoms with van der Waals surface area (Å²) >= 11 is 0. The monoisotopic (exact) mass is 274 g/mol. The highest BCUT2D eigenvalue weighted by molar-refractivity contribution is 5.90. The van der Waals surface area contributed by atoms with E-state index in [1.54, 1.807) is 0 Å². The van der Waals surface area contributed by atoms with Crippen LogP contribution in [0.25, 0.3) is 0 Å². The molecule has 0 spiro atoms. The molecule has 4 heteroatoms. The van der Waals surface area contributed by atoms with Gasteiger partial charge >= 0.3 is 0 Å². The number of hydrogen-bond donors (Lipinski definition) is 2. The van der Waals surface area contributed by atoms with Gasteiger partial charge in [0.2, 0.25) is 5.91 Å². The van der Waals surface area contributed by atoms with Gasteiger partial charge in [0.25, 0.3) is 0 Å². The van der Waals surface area contributed by atoms with E-state index in [4.69, 9.17) is 10.5 Å². The standard InChI is InChI=1S/C16H22N2O2/c1-3-20-11-5-7-16(19)18-15-9-8-13(2)14(12-15)6-4-10-17/h8-9,12H,3,5,7,10-11,17H2,1-2H3,(H,18,19). The molecule has 0 saturated carbocycles. The molecule has 108 valence electrons. The molecule has 0 bridgehead atoms. The lowest BCUT2D eigenvalue weighted by Crippen LogP contribution is -2.12. The fourth-order valence-electron chi connectivity index (χ4n) is 1.68. The molecule has 0 aliphatic carbocycles. The first-order valence-corrected chi connectivity index (χ1v) is 6.84. The van der Waals surface area contributed by atoms with Crippen LogP contribution in [-0.4, -0.2) is 25.7 Å². The highest BCUT2D eigenvalue weighted by Crippen LogP contribution is 2.14. The first-order chi connectivity index (χ1) is 9.67. The summed E-state index contributed by atoms with van der Waals surface area (Å²) in [5, 5.41) is 2.87. The molecule has 4 nitrogen and oxygen atoms in total. The predicted molar refractivity (Wildman–Crippen MR) is 81.5 cm³/mol. The lowest BCUT2D eigenvalue weighted by Gasteiger charge is -2.07. The van der Waals surface area contributed by atoms with Crippen molar-refractivity contribution in [3.05, 3.63) is 29.3 Å². The van der Waals surface area contributed by atoms with E-state index in [-0.39, 0.29) is 5.91 Å². The highest BCUT2D eigenvalue weighted by Gasteiger charge is 2.04. The van der Waals surface area contributed by atoms with Gasteiger partial charge < -0.3 is 15.8 Å². The summed E-state index contributed by atoms with van der Waals surface area (Å²) in [6.07, 6.45) is 1.18. The van der Waals surface area contributed by atoms with Crippen LogP contribution in [0.4, 0.5) is 5.69 Å². The topological polar surface area (TPSA) is 64.3 Å². The maximum absolute atomic E-state index is 11.8. The number of nitrogens with one attached hydrogen (secondary N) is 1. The molecule has 1 amide bonds. The van der Waals surface area contributed by atoms with E-state index in [2.05, 4.69) is 17.2 Å². The lowest BCUT2D eigenvalue weighted by atomic mass is 10.1. The van der Waals surface area contributed by atoms with Crippen LogP contribution in [0.5, 0.6) is 0 Å². The van der Waals surface area contributed by atoms with Gasteiger partial charge in [-0.15, -0.1) is 0 Å². The van der Waals surface area contributed by atoms with E-state index < -0.39 is 0 Å². The number of anilines is 1. The summed E-state index contributed by atoms with van der Waals surface area (Å²) in [7, 11) is 0. The number of carbonyl (C=O) groups excluding carboxylic acids is 1. The molecule has 0 heterocycles. The van der Waals surface area contributed by atoms with Gasteiger partial charge in [-0.2, -0.15) is 0 Å². The Morgan fingerprint density at radius 2 is 2.25 bits per heavy atom. The van der Waals surface area contributed by atoms with Crippen molar-refractivity contribution in [1.82, 2.24) is 0 Å². The Labute approximate surface area is 120 Å². The van der Waals surface area contributed by atoms with Gasteiger partial charge in [0.05, 0.1) is 6.54 Å². The smallest absolute Gasteiger partial charge is 0.224 e. The van der Waals surface area contributed by atoms with Crippen molar-refractivity contribution in [3.63, 3.8) is 0 Å². The molecule has 0 aromatic heterocycles. The van der Waals surface area contributed by atoms with E-state index in [9.17, 15) is 4.79 Å². The Morgan fingerprint density at radius 3 is 2.95 bits per heavy atom. The van der Waals surface area contributed by atoms with Gasteiger partial charge in [-0.1, -0.05) is 17.9 Å². The van der Waals surface area contributed by atoms with E-state index in [1.165, 1.54) is 0 Å². The van der Waals surface area contributed by atoms with Crippen molar-refractivity contribution in [2.24, 2.45) is 5.73 Å². The number of benzene rings is 1. The Kier molecular flexibility index (Phi) is 7.41. The first-order valence-electron chi connectivity index (χ1n) is 6.84. The number of amides is 1. The molecule has 0 saturated heterocycles. The third-order valence-corrected chi connectivity index (χ3v) is 2.74. The van der Waals surface area contributed by atoms with E-state index in [0.29, 0.717) is 26.2 Å². The van der Waals surface area contributed by atoms with Gasteiger partial charge in [-0.25, -0.2) is 0 Å². The van der Waals surface area contributed by atoms with Crippen LogP contribution in [0.1, 0.15) is 30.9 Å². The largest absolute Gasteiger partial charge is 0.382 e. The van der Waals surface area contributed by atoms with Crippen LogP contribution in [0.15, 0.2) is 18.2 Å². The zero-order valence-corrected chi connectivity index (χ0v) is 12.2. The molecule has 3 N–H and O–H groups in total. The van der Waals surface area contributed by atoms with Crippen LogP contribution in [-0.2, 0) is 9.53 Å². The van der Waals surface area contributed by atoms with Crippen LogP contribution in [0.3, 0.4) is 0 Å². The average Bonchev–Trinajstić information content (AvgIpc) is 2.44. The summed E-state index contributed by atoms with van der Waals surface area (Å²) in [6.45, 7) is 5.55. The van der Waals surface area contributed by atoms with Crippen molar-refractivity contribution in [2.75, 3.05) is 25.1 Å². The molecule has 0 unspecified atom stereocenters. The molecular weight excluding hydrogens is 252 g/mol. The quantitative estimate of drug-likeness (QED) is 0.616. The molecular formula is C16H22N2O2. The van der Waals surface area contributed by atoms with Gasteiger partial charge in [0, 0.05) is 30.9 Å². The number of ether oxygens (including phenoxy) is 1. The van der Waals surface area contributed by atoms with Crippen molar-refractivity contribution in [3.8, 4) is 11.8 Å². The Morgan fingerprint density at radius 1 is 1.45 bits per heavy atom. The maximum Gasteiger partial charge on any atom is 0.224 e. The molecule has 0 radical (unpaired) electrons. The van der Waals surface area contributed by atoms with Crippen LogP contribution < -0.4 is 11.1 Å². The summed E-state index contributed by atoms with van der Waals surface area (Å²) < 4.78 is 5.20. The minimum absolute atomic E-state index is 0.00806. The summed E-state index contributed by atoms with van der Waals surface area (Å²) in [4.78, 5) is 11.8. The zero-order valence-electron chi connectivity index (χ0n) is 12.2. The van der Waals surface area contributed by atoms with Crippen LogP contribution in [0, 0.1) is 18.8 Å². The second kappa shape index (κ2) is 9.13. The number of hydrogen-bond acceptors (Lipinski definition) is 3. The van der Waals surface area contributed by atoms with Crippen molar-refractivity contribution >= 4 is 11.6 Å². The van der Waals surface area contributed by atoms with Crippen molar-refractivity contribution in [2.45, 2.75) is 26.7 Å². The molecule has 0 aliphatic rings. The molecule has 0 aliphatic heterocycles. The van der Waals surface area contributed by atoms with Gasteiger partial charge in [-0.3, -0.25) is 4.79 Å². The fraction of sp³-hybridized carbons (Fsp3) is 0.438. The third-order valence-electron chi connectivity index (χ3n) is 2.74. The van der Waals surface area contributed by atoms with E-state index >= 15 is 0 Å². The van der Waals surface area contributed by atoms with Crippen molar-refractivity contribution in [1.29, 1.82) is 0 Å². The zero-order chi connectivity index (χ0) is 14.8. The van der Waals surface area contributed by atoms with E-state index in [0.717, 1.165) is 23.2 Å². The lowest BCUT2D eigenvalue weighted by molar-refractivity contribution is -0.116. The minimum Gasteiger partial charge on any atom is -0.382 e. The summed E-state index contributed by atoms with van der Waals surface area (Å²) in [5.41, 5.74) is 8.09. The molecule has 1 rings (SSSR count). The van der Waals surface area contributed by atoms with Gasteiger partial charge in [0.1, 0.15) is 0 Å². The number of nitrogens with two attached hydrogens (primary N) is 1. The van der Waals surface area contributed by atoms with Crippen LogP contribution in [0.2, 0.25) is 0 Å². The third kappa shape index (κ3) is 5.87. The molecule has 0 atom stereocenters. The number of aryl methyl sites for hydroxylation is 1. The highest BCUT2D eigenvalue weighted by atomic mass is 16.5. The molecule has 1 aromatic rings. The van der Waals surface area contributed by atoms with Gasteiger partial charge in [0.15, 0.2) is 0 Å². The first kappa shape index (κ1) is 16.2. The molecule has 0 fully saturated rings. The normalized spacial score (nSPS) is 9.75. The Balaban J connectivity index is 2.57. The SMILES string of the molecule is CCOCCCC(=O)Nc1ccc(C)c(C#CCN)c1.